The van der Waals surface area contributed by atoms with E-state index in [9.17, 15) is 4.79 Å². The molecule has 3 atom stereocenters. The van der Waals surface area contributed by atoms with Gasteiger partial charge in [-0.3, -0.25) is 19.2 Å². The number of hydrogen-bond donors (Lipinski definition) is 0. The number of fused-ring (bicyclic) bond motifs is 2. The molecule has 0 amide bonds. The third kappa shape index (κ3) is 3.75. The highest BCUT2D eigenvalue weighted by atomic mass is 16.5. The van der Waals surface area contributed by atoms with Gasteiger partial charge >= 0.3 is 5.69 Å². The number of ether oxygens (including phenoxy) is 1. The van der Waals surface area contributed by atoms with E-state index < -0.39 is 0 Å². The molecule has 1 aromatic carbocycles. The molecule has 1 fully saturated rings. The molecule has 3 aromatic heterocycles. The number of rotatable bonds is 4. The Labute approximate surface area is 190 Å². The van der Waals surface area contributed by atoms with E-state index in [2.05, 4.69) is 44.9 Å². The molecule has 1 aliphatic heterocycles. The quantitative estimate of drug-likeness (QED) is 0.471. The summed E-state index contributed by atoms with van der Waals surface area (Å²) in [5.41, 5.74) is 2.57. The smallest absolute Gasteiger partial charge is 0.349 e. The van der Waals surface area contributed by atoms with Crippen molar-refractivity contribution in [3.05, 3.63) is 47.3 Å². The summed E-state index contributed by atoms with van der Waals surface area (Å²) >= 11 is 0. The van der Waals surface area contributed by atoms with Crippen molar-refractivity contribution in [3.63, 3.8) is 0 Å². The molecule has 168 valence electrons. The lowest BCUT2D eigenvalue weighted by Gasteiger charge is -2.42. The highest BCUT2D eigenvalue weighted by Gasteiger charge is 2.35. The number of aromatic nitrogens is 6. The molecular formula is C23H24N8O2. The van der Waals surface area contributed by atoms with Gasteiger partial charge in [0, 0.05) is 50.4 Å². The summed E-state index contributed by atoms with van der Waals surface area (Å²) in [5.74, 6) is 1.51. The predicted octanol–water partition coefficient (Wildman–Crippen LogP) is 2.28. The van der Waals surface area contributed by atoms with Gasteiger partial charge in [0.25, 0.3) is 0 Å². The zero-order chi connectivity index (χ0) is 23.1. The second-order valence-corrected chi connectivity index (χ2v) is 8.57. The molecule has 0 saturated carbocycles. The van der Waals surface area contributed by atoms with Gasteiger partial charge in [-0.1, -0.05) is 6.92 Å². The van der Waals surface area contributed by atoms with Crippen molar-refractivity contribution < 1.29 is 4.74 Å². The Balaban J connectivity index is 1.42. The summed E-state index contributed by atoms with van der Waals surface area (Å²) in [7, 11) is 1.67. The fraction of sp³-hybridized carbons (Fsp3) is 0.391. The van der Waals surface area contributed by atoms with E-state index in [1.54, 1.807) is 30.3 Å². The number of benzene rings is 1. The standard InChI is InChI=1S/C23H24N8O2/c1-14-12-31(22-21-19(29(3)23(32)27-22)13-30(28-21)9-6-24)15(2)10-20(14)33-16-4-5-17-18(11-16)26-8-7-25-17/h4-5,7-8,11,13-15,20H,9-10,12H2,1-3H3/t14-,15+,20?/m1/s1. The summed E-state index contributed by atoms with van der Waals surface area (Å²) in [6.45, 7) is 5.02. The minimum Gasteiger partial charge on any atom is -0.490 e. The average molecular weight is 444 g/mol. The van der Waals surface area contributed by atoms with Crippen molar-refractivity contribution in [2.24, 2.45) is 13.0 Å². The molecular weight excluding hydrogens is 420 g/mol. The summed E-state index contributed by atoms with van der Waals surface area (Å²) in [6.07, 6.45) is 5.83. The number of nitrogens with zero attached hydrogens (tertiary/aromatic N) is 8. The SMILES string of the molecule is C[C@@H]1CN(c2nc(=O)n(C)c3cn(CC#N)nc23)[C@@H](C)CC1Oc1ccc2nccnc2c1. The summed E-state index contributed by atoms with van der Waals surface area (Å²) in [5, 5.41) is 13.6. The van der Waals surface area contributed by atoms with Crippen LogP contribution in [0.3, 0.4) is 0 Å². The molecule has 0 aliphatic carbocycles. The first kappa shape index (κ1) is 20.9. The number of nitriles is 1. The van der Waals surface area contributed by atoms with Crippen LogP contribution in [0.15, 0.2) is 41.6 Å². The van der Waals surface area contributed by atoms with E-state index in [1.165, 1.54) is 4.57 Å². The first-order chi connectivity index (χ1) is 15.9. The fourth-order valence-electron chi connectivity index (χ4n) is 4.45. The number of aryl methyl sites for hydroxylation is 1. The fourth-order valence-corrected chi connectivity index (χ4v) is 4.45. The molecule has 0 radical (unpaired) electrons. The third-order valence-electron chi connectivity index (χ3n) is 6.26. The van der Waals surface area contributed by atoms with Crippen molar-refractivity contribution in [2.45, 2.75) is 39.0 Å². The third-order valence-corrected chi connectivity index (χ3v) is 6.26. The van der Waals surface area contributed by atoms with Gasteiger partial charge in [-0.15, -0.1) is 0 Å². The Kier molecular flexibility index (Phi) is 5.17. The van der Waals surface area contributed by atoms with Crippen molar-refractivity contribution in [3.8, 4) is 11.8 Å². The molecule has 0 spiro atoms. The molecule has 5 rings (SSSR count). The minimum absolute atomic E-state index is 0.00329. The Morgan fingerprint density at radius 3 is 2.79 bits per heavy atom. The predicted molar refractivity (Wildman–Crippen MR) is 123 cm³/mol. The second kappa shape index (κ2) is 8.16. The van der Waals surface area contributed by atoms with Gasteiger partial charge in [0.15, 0.2) is 11.3 Å². The van der Waals surface area contributed by atoms with Gasteiger partial charge in [0.2, 0.25) is 0 Å². The van der Waals surface area contributed by atoms with Gasteiger partial charge in [0.05, 0.1) is 28.8 Å². The Bertz CT molecular complexity index is 1440. The zero-order valence-corrected chi connectivity index (χ0v) is 18.7. The van der Waals surface area contributed by atoms with Crippen LogP contribution in [-0.4, -0.2) is 48.0 Å². The first-order valence-electron chi connectivity index (χ1n) is 10.9. The molecule has 4 aromatic rings. The van der Waals surface area contributed by atoms with Gasteiger partial charge < -0.3 is 9.64 Å². The minimum atomic E-state index is -0.343. The number of hydrogen-bond acceptors (Lipinski definition) is 8. The van der Waals surface area contributed by atoms with E-state index in [-0.39, 0.29) is 30.3 Å². The molecule has 1 unspecified atom stereocenters. The monoisotopic (exact) mass is 444 g/mol. The maximum Gasteiger partial charge on any atom is 0.349 e. The first-order valence-corrected chi connectivity index (χ1v) is 10.9. The summed E-state index contributed by atoms with van der Waals surface area (Å²) < 4.78 is 9.37. The van der Waals surface area contributed by atoms with E-state index in [0.29, 0.717) is 23.4 Å². The molecule has 0 N–H and O–H groups in total. The van der Waals surface area contributed by atoms with E-state index in [1.807, 2.05) is 18.2 Å². The Morgan fingerprint density at radius 2 is 2.00 bits per heavy atom. The lowest BCUT2D eigenvalue weighted by atomic mass is 9.91. The summed E-state index contributed by atoms with van der Waals surface area (Å²) in [4.78, 5) is 27.7. The molecule has 1 saturated heterocycles. The van der Waals surface area contributed by atoms with Crippen molar-refractivity contribution in [1.82, 2.24) is 29.3 Å². The normalized spacial score (nSPS) is 20.8. The molecule has 10 nitrogen and oxygen atoms in total. The lowest BCUT2D eigenvalue weighted by Crippen LogP contribution is -2.50. The number of piperidine rings is 1. The van der Waals surface area contributed by atoms with E-state index >= 15 is 0 Å². The summed E-state index contributed by atoms with van der Waals surface area (Å²) in [6, 6.07) is 7.92. The second-order valence-electron chi connectivity index (χ2n) is 8.57. The molecule has 4 heterocycles. The maximum absolute atomic E-state index is 12.6. The van der Waals surface area contributed by atoms with Crippen LogP contribution in [0.2, 0.25) is 0 Å². The van der Waals surface area contributed by atoms with Crippen LogP contribution >= 0.6 is 0 Å². The van der Waals surface area contributed by atoms with E-state index in [0.717, 1.165) is 23.2 Å². The Hall–Kier alpha value is -4.00. The topological polar surface area (TPSA) is 115 Å². The van der Waals surface area contributed by atoms with Crippen molar-refractivity contribution >= 4 is 27.9 Å². The molecule has 0 bridgehead atoms. The molecule has 10 heteroatoms. The lowest BCUT2D eigenvalue weighted by molar-refractivity contribution is 0.107. The maximum atomic E-state index is 12.6. The van der Waals surface area contributed by atoms with E-state index in [4.69, 9.17) is 10.00 Å². The van der Waals surface area contributed by atoms with Crippen LogP contribution in [0.1, 0.15) is 20.3 Å². The average Bonchev–Trinajstić information content (AvgIpc) is 3.23. The van der Waals surface area contributed by atoms with Crippen molar-refractivity contribution in [2.75, 3.05) is 11.4 Å². The van der Waals surface area contributed by atoms with Gasteiger partial charge in [0.1, 0.15) is 18.4 Å². The van der Waals surface area contributed by atoms with Gasteiger partial charge in [-0.05, 0) is 19.1 Å². The highest BCUT2D eigenvalue weighted by Crippen LogP contribution is 2.32. The van der Waals surface area contributed by atoms with Crippen LogP contribution in [0.25, 0.3) is 22.1 Å². The van der Waals surface area contributed by atoms with Crippen LogP contribution in [0.5, 0.6) is 5.75 Å². The Morgan fingerprint density at radius 1 is 1.21 bits per heavy atom. The van der Waals surface area contributed by atoms with Crippen molar-refractivity contribution in [1.29, 1.82) is 5.26 Å². The number of anilines is 1. The zero-order valence-electron chi connectivity index (χ0n) is 18.7. The highest BCUT2D eigenvalue weighted by molar-refractivity contribution is 5.85. The van der Waals surface area contributed by atoms with Crippen LogP contribution < -0.4 is 15.3 Å². The van der Waals surface area contributed by atoms with Crippen LogP contribution in [0.4, 0.5) is 5.82 Å². The molecule has 1 aliphatic rings. The largest absolute Gasteiger partial charge is 0.490 e. The van der Waals surface area contributed by atoms with Crippen LogP contribution in [-0.2, 0) is 13.6 Å². The van der Waals surface area contributed by atoms with Gasteiger partial charge in [-0.25, -0.2) is 4.79 Å². The van der Waals surface area contributed by atoms with Crippen LogP contribution in [0, 0.1) is 17.2 Å². The van der Waals surface area contributed by atoms with Gasteiger partial charge in [-0.2, -0.15) is 15.3 Å². The molecule has 33 heavy (non-hydrogen) atoms.